The third-order valence-electron chi connectivity index (χ3n) is 6.11. The second kappa shape index (κ2) is 8.66. The lowest BCUT2D eigenvalue weighted by atomic mass is 9.88. The number of nitrogens with two attached hydrogens (primary N) is 1. The van der Waals surface area contributed by atoms with Crippen molar-refractivity contribution in [2.75, 3.05) is 25.4 Å². The van der Waals surface area contributed by atoms with E-state index >= 15 is 0 Å². The third kappa shape index (κ3) is 4.71. The van der Waals surface area contributed by atoms with Crippen molar-refractivity contribution >= 4 is 17.8 Å². The first-order valence-electron chi connectivity index (χ1n) is 10.8. The van der Waals surface area contributed by atoms with Gasteiger partial charge < -0.3 is 25.1 Å². The van der Waals surface area contributed by atoms with Gasteiger partial charge in [-0.3, -0.25) is 9.59 Å². The summed E-state index contributed by atoms with van der Waals surface area (Å²) in [4.78, 5) is 35.2. The molecule has 1 spiro atoms. The number of carbonyl (C=O) groups excluding carboxylic acids is 2. The molecule has 4 rings (SSSR count). The maximum atomic E-state index is 13.0. The molecule has 2 aromatic rings. The van der Waals surface area contributed by atoms with Crippen LogP contribution in [0.3, 0.4) is 0 Å². The fourth-order valence-electron chi connectivity index (χ4n) is 4.28. The number of nitrogens with zero attached hydrogens (tertiary/aromatic N) is 3. The van der Waals surface area contributed by atoms with E-state index in [1.54, 1.807) is 18.2 Å². The van der Waals surface area contributed by atoms with Gasteiger partial charge in [0.05, 0.1) is 18.0 Å². The standard InChI is InChI=1S/C22H29N5O4/c1-14(2)16-12-17(26-21(23)25-16)20(29)27-9-7-22(8-10-27)6-5-15(31-22)13-24-19(28)18-4-3-11-30-18/h3-4,11-12,14-15H,5-10,13H2,1-2H3,(H,24,28)(H2,23,25,26)/t15-/m1/s1. The zero-order valence-electron chi connectivity index (χ0n) is 18.0. The summed E-state index contributed by atoms with van der Waals surface area (Å²) in [5, 5.41) is 2.87. The summed E-state index contributed by atoms with van der Waals surface area (Å²) < 4.78 is 11.4. The van der Waals surface area contributed by atoms with E-state index < -0.39 is 0 Å². The second-order valence-electron chi connectivity index (χ2n) is 8.63. The van der Waals surface area contributed by atoms with Gasteiger partial charge in [0, 0.05) is 25.3 Å². The number of likely N-dealkylation sites (tertiary alicyclic amines) is 1. The van der Waals surface area contributed by atoms with Crippen molar-refractivity contribution in [2.24, 2.45) is 0 Å². The number of furan rings is 1. The van der Waals surface area contributed by atoms with E-state index in [1.807, 2.05) is 18.7 Å². The maximum Gasteiger partial charge on any atom is 0.287 e. The van der Waals surface area contributed by atoms with Crippen molar-refractivity contribution in [3.8, 4) is 0 Å². The van der Waals surface area contributed by atoms with Crippen LogP contribution in [0.5, 0.6) is 0 Å². The van der Waals surface area contributed by atoms with E-state index in [1.165, 1.54) is 6.26 Å². The molecule has 31 heavy (non-hydrogen) atoms. The highest BCUT2D eigenvalue weighted by molar-refractivity contribution is 5.93. The molecule has 2 amide bonds. The van der Waals surface area contributed by atoms with Gasteiger partial charge in [0.2, 0.25) is 5.95 Å². The minimum atomic E-state index is -0.236. The first-order chi connectivity index (χ1) is 14.8. The lowest BCUT2D eigenvalue weighted by Gasteiger charge is -2.39. The quantitative estimate of drug-likeness (QED) is 0.751. The molecule has 4 heterocycles. The molecule has 9 heteroatoms. The summed E-state index contributed by atoms with van der Waals surface area (Å²) in [5.41, 5.74) is 6.69. The SMILES string of the molecule is CC(C)c1cc(C(=O)N2CCC3(CC[C@H](CNC(=O)c4ccco4)O3)CC2)nc(N)n1. The number of nitrogens with one attached hydrogen (secondary N) is 1. The van der Waals surface area contributed by atoms with Gasteiger partial charge in [0.15, 0.2) is 5.76 Å². The molecular weight excluding hydrogens is 398 g/mol. The molecule has 0 saturated carbocycles. The molecule has 0 radical (unpaired) electrons. The Hall–Kier alpha value is -2.94. The maximum absolute atomic E-state index is 13.0. The van der Waals surface area contributed by atoms with Crippen LogP contribution in [-0.2, 0) is 4.74 Å². The highest BCUT2D eigenvalue weighted by Crippen LogP contribution is 2.39. The first-order valence-corrected chi connectivity index (χ1v) is 10.8. The van der Waals surface area contributed by atoms with Gasteiger partial charge in [-0.1, -0.05) is 13.8 Å². The average molecular weight is 428 g/mol. The predicted molar refractivity (Wildman–Crippen MR) is 114 cm³/mol. The monoisotopic (exact) mass is 427 g/mol. The molecule has 9 nitrogen and oxygen atoms in total. The van der Waals surface area contributed by atoms with Crippen LogP contribution in [0.25, 0.3) is 0 Å². The van der Waals surface area contributed by atoms with Crippen LogP contribution >= 0.6 is 0 Å². The molecule has 166 valence electrons. The Bertz CT molecular complexity index is 935. The van der Waals surface area contributed by atoms with Crippen LogP contribution in [0.2, 0.25) is 0 Å². The van der Waals surface area contributed by atoms with E-state index in [9.17, 15) is 9.59 Å². The number of anilines is 1. The topological polar surface area (TPSA) is 124 Å². The molecule has 2 aliphatic heterocycles. The number of carbonyl (C=O) groups is 2. The lowest BCUT2D eigenvalue weighted by molar-refractivity contribution is -0.0713. The molecule has 2 aliphatic rings. The van der Waals surface area contributed by atoms with Crippen LogP contribution in [0.4, 0.5) is 5.95 Å². The van der Waals surface area contributed by atoms with E-state index in [-0.39, 0.29) is 35.4 Å². The van der Waals surface area contributed by atoms with Gasteiger partial charge in [-0.2, -0.15) is 0 Å². The Labute approximate surface area is 181 Å². The van der Waals surface area contributed by atoms with Crippen LogP contribution in [0, 0.1) is 0 Å². The highest BCUT2D eigenvalue weighted by atomic mass is 16.5. The molecule has 3 N–H and O–H groups in total. The number of nitrogen functional groups attached to an aromatic ring is 1. The number of rotatable bonds is 5. The minimum absolute atomic E-state index is 0.0311. The number of piperidine rings is 1. The molecule has 0 unspecified atom stereocenters. The van der Waals surface area contributed by atoms with Crippen LogP contribution in [0.15, 0.2) is 28.9 Å². The summed E-state index contributed by atoms with van der Waals surface area (Å²) >= 11 is 0. The van der Waals surface area contributed by atoms with Crippen molar-refractivity contribution in [3.63, 3.8) is 0 Å². The molecule has 0 bridgehead atoms. The molecule has 2 saturated heterocycles. The summed E-state index contributed by atoms with van der Waals surface area (Å²) in [5.74, 6) is 0.233. The number of amides is 2. The first kappa shape index (κ1) is 21.3. The Kier molecular flexibility index (Phi) is 5.95. The van der Waals surface area contributed by atoms with Gasteiger partial charge in [0.1, 0.15) is 5.69 Å². The Morgan fingerprint density at radius 3 is 2.74 bits per heavy atom. The van der Waals surface area contributed by atoms with Crippen LogP contribution < -0.4 is 11.1 Å². The number of hydrogen-bond acceptors (Lipinski definition) is 7. The van der Waals surface area contributed by atoms with Gasteiger partial charge >= 0.3 is 0 Å². The summed E-state index contributed by atoms with van der Waals surface area (Å²) in [6.07, 6.45) is 4.78. The van der Waals surface area contributed by atoms with E-state index in [4.69, 9.17) is 14.9 Å². The van der Waals surface area contributed by atoms with Crippen molar-refractivity contribution < 1.29 is 18.7 Å². The minimum Gasteiger partial charge on any atom is -0.459 e. The number of hydrogen-bond donors (Lipinski definition) is 2. The summed E-state index contributed by atoms with van der Waals surface area (Å²) in [6, 6.07) is 5.05. The number of aromatic nitrogens is 2. The average Bonchev–Trinajstić information content (AvgIpc) is 3.42. The van der Waals surface area contributed by atoms with Crippen molar-refractivity contribution in [1.82, 2.24) is 20.2 Å². The van der Waals surface area contributed by atoms with Crippen molar-refractivity contribution in [1.29, 1.82) is 0 Å². The Morgan fingerprint density at radius 1 is 1.29 bits per heavy atom. The fraction of sp³-hybridized carbons (Fsp3) is 0.545. The molecule has 2 aromatic heterocycles. The van der Waals surface area contributed by atoms with E-state index in [0.717, 1.165) is 31.4 Å². The van der Waals surface area contributed by atoms with Crippen molar-refractivity contribution in [2.45, 2.75) is 57.2 Å². The molecular formula is C22H29N5O4. The largest absolute Gasteiger partial charge is 0.459 e. The molecule has 1 atom stereocenters. The smallest absolute Gasteiger partial charge is 0.287 e. The lowest BCUT2D eigenvalue weighted by Crippen LogP contribution is -2.47. The van der Waals surface area contributed by atoms with Gasteiger partial charge in [-0.05, 0) is 49.8 Å². The van der Waals surface area contributed by atoms with Crippen LogP contribution in [-0.4, -0.2) is 58.0 Å². The molecule has 2 fully saturated rings. The normalized spacial score (nSPS) is 20.4. The molecule has 0 aliphatic carbocycles. The van der Waals surface area contributed by atoms with Gasteiger partial charge in [-0.25, -0.2) is 9.97 Å². The zero-order valence-corrected chi connectivity index (χ0v) is 18.0. The second-order valence-corrected chi connectivity index (χ2v) is 8.63. The van der Waals surface area contributed by atoms with Crippen molar-refractivity contribution in [3.05, 3.63) is 41.6 Å². The van der Waals surface area contributed by atoms with E-state index in [0.29, 0.717) is 31.1 Å². The third-order valence-corrected chi connectivity index (χ3v) is 6.11. The number of ether oxygens (including phenoxy) is 1. The van der Waals surface area contributed by atoms with Gasteiger partial charge in [0.25, 0.3) is 11.8 Å². The summed E-state index contributed by atoms with van der Waals surface area (Å²) in [7, 11) is 0. The molecule has 0 aromatic carbocycles. The zero-order chi connectivity index (χ0) is 22.0. The summed E-state index contributed by atoms with van der Waals surface area (Å²) in [6.45, 7) is 5.66. The predicted octanol–water partition coefficient (Wildman–Crippen LogP) is 2.36. The Balaban J connectivity index is 1.30. The van der Waals surface area contributed by atoms with Gasteiger partial charge in [-0.15, -0.1) is 0 Å². The Morgan fingerprint density at radius 2 is 2.06 bits per heavy atom. The fourth-order valence-corrected chi connectivity index (χ4v) is 4.28. The van der Waals surface area contributed by atoms with Crippen LogP contribution in [0.1, 0.15) is 72.2 Å². The van der Waals surface area contributed by atoms with E-state index in [2.05, 4.69) is 15.3 Å². The highest BCUT2D eigenvalue weighted by Gasteiger charge is 2.43.